The van der Waals surface area contributed by atoms with Gasteiger partial charge in [-0.15, -0.1) is 0 Å². The maximum absolute atomic E-state index is 1.68. The van der Waals surface area contributed by atoms with Crippen molar-refractivity contribution < 1.29 is 0 Å². The summed E-state index contributed by atoms with van der Waals surface area (Å²) in [5, 5.41) is 0. The van der Waals surface area contributed by atoms with Gasteiger partial charge in [0.15, 0.2) is 0 Å². The number of fused-ring (bicyclic) bond motifs is 3. The molecule has 0 heteroatoms. The second-order valence-electron chi connectivity index (χ2n) is 37.7. The Labute approximate surface area is 514 Å². The Hall–Kier alpha value is 0. The smallest absolute Gasteiger partial charge is 0.0266 e. The molecule has 1 spiro atoms. The van der Waals surface area contributed by atoms with E-state index in [4.69, 9.17) is 0 Å². The Morgan fingerprint density at radius 3 is 0.904 bits per heavy atom. The van der Waals surface area contributed by atoms with Crippen LogP contribution in [-0.2, 0) is 0 Å². The van der Waals surface area contributed by atoms with Gasteiger partial charge in [-0.1, -0.05) is 205 Å². The highest BCUT2D eigenvalue weighted by molar-refractivity contribution is 5.44. The SMILES string of the molecule is C12C3C4C1C1C2C3C41.C1C2C3CC4C5CC3C1C5C24.C1C2CC3C1C3C2.C1C2CC3CC1CC3C2.C1CC2CC3CCCC3(C1)C2.C1CCC2C3CCC2C(C1)C3.C1CCCC1.C1CCCCC1.C1CCCCCC1.C1CCCCCCC1. The van der Waals surface area contributed by atoms with E-state index < -0.39 is 0 Å². The molecular weight excluding hydrogens is 997 g/mol. The molecule has 0 aromatic carbocycles. The first-order valence-corrected chi connectivity index (χ1v) is 41.2. The zero-order valence-electron chi connectivity index (χ0n) is 54.6. The lowest BCUT2D eigenvalue weighted by atomic mass is 9.01. The van der Waals surface area contributed by atoms with Crippen LogP contribution >= 0.6 is 0 Å². The van der Waals surface area contributed by atoms with Crippen LogP contribution in [0.15, 0.2) is 0 Å². The van der Waals surface area contributed by atoms with Gasteiger partial charge in [-0.3, -0.25) is 0 Å². The van der Waals surface area contributed by atoms with E-state index in [1.54, 1.807) is 167 Å². The Morgan fingerprint density at radius 1 is 0.169 bits per heavy atom. The van der Waals surface area contributed by atoms with E-state index in [1.165, 1.54) is 339 Å². The van der Waals surface area contributed by atoms with Crippen molar-refractivity contribution in [3.05, 3.63) is 0 Å². The van der Waals surface area contributed by atoms with Crippen LogP contribution in [0, 0.1) is 183 Å². The Morgan fingerprint density at radius 2 is 0.506 bits per heavy atom. The molecule has 29 rings (SSSR count). The largest absolute Gasteiger partial charge is 0.0533 e. The Kier molecular flexibility index (Phi) is 16.9. The average Bonchev–Trinajstić information content (AvgIpc) is 1.42. The highest BCUT2D eigenvalue weighted by Crippen LogP contribution is 3.01. The fourth-order valence-electron chi connectivity index (χ4n) is 31.5. The van der Waals surface area contributed by atoms with Crippen LogP contribution in [0.5, 0.6) is 0 Å². The highest BCUT2D eigenvalue weighted by Gasteiger charge is 2.97. The molecule has 29 aliphatic rings. The lowest BCUT2D eigenvalue weighted by molar-refractivity contribution is -0.565. The molecule has 15 unspecified atom stereocenters. The lowest BCUT2D eigenvalue weighted by Crippen LogP contribution is -3.00. The summed E-state index contributed by atoms with van der Waals surface area (Å²) in [6.45, 7) is 0. The third-order valence-electron chi connectivity index (χ3n) is 34.6. The van der Waals surface area contributed by atoms with Crippen LogP contribution in [0.25, 0.3) is 0 Å². The summed E-state index contributed by atoms with van der Waals surface area (Å²) in [6, 6.07) is 0. The van der Waals surface area contributed by atoms with Gasteiger partial charge in [-0.05, 0) is 311 Å². The molecule has 0 radical (unpaired) electrons. The van der Waals surface area contributed by atoms with Crippen LogP contribution in [0.4, 0.5) is 0 Å². The van der Waals surface area contributed by atoms with Crippen molar-refractivity contribution in [2.45, 2.75) is 334 Å². The standard InChI is InChI=1S/C11H14.2C11H18.C9H14.C8H8.C8H16.C7H10.C7H14.C6H12.C5H10/c1-4-5-2-9-8(1)10-6(4)3-7(5)11(9)10;1-3-9-7-10-4-2-6-11(10,5-1)8-9;1-2-4-10-9-5-6-11(10)8(3-1)7-9;1-6-2-8-4-7(1)5-9(8)3-6;1-2-5-3(1)7-4(1)6(2)8(5)7;1-2-4-6-8-7-5-3-1;1-4-2-6-5(1)7(6)3-4;1-2-4-6-7-5-3-1;1-2-4-6-5-3-1;1-2-4-5-3-1/h4-11H,1-3H2;9-10H,1-8H2;8-11H,1-7H2;6-9H,1-5H2;1-8H;1-8H2;4-7H,1-3H2;1-7H2;1-6H2;1-5H2. The molecule has 466 valence electrons. The molecule has 15 atom stereocenters. The van der Waals surface area contributed by atoms with Crippen molar-refractivity contribution in [2.24, 2.45) is 183 Å². The molecular formula is C83H134. The zero-order chi connectivity index (χ0) is 54.6. The van der Waals surface area contributed by atoms with Gasteiger partial charge in [0.1, 0.15) is 0 Å². The maximum Gasteiger partial charge on any atom is -0.0266 e. The summed E-state index contributed by atoms with van der Waals surface area (Å²) in [6.07, 6.45) is 80.7. The van der Waals surface area contributed by atoms with Gasteiger partial charge < -0.3 is 0 Å². The van der Waals surface area contributed by atoms with Gasteiger partial charge in [0.25, 0.3) is 0 Å². The first-order valence-electron chi connectivity index (χ1n) is 41.2. The average molecular weight is 1130 g/mol. The number of hydrogen-bond acceptors (Lipinski definition) is 0. The molecule has 0 aliphatic heterocycles. The topological polar surface area (TPSA) is 0 Å². The first kappa shape index (κ1) is 56.9. The molecule has 29 fully saturated rings. The van der Waals surface area contributed by atoms with E-state index in [1.807, 2.05) is 0 Å². The molecule has 0 aromatic heterocycles. The molecule has 0 amide bonds. The van der Waals surface area contributed by atoms with Crippen molar-refractivity contribution >= 4 is 0 Å². The number of hydrogen-bond donors (Lipinski definition) is 0. The lowest BCUT2D eigenvalue weighted by Gasteiger charge is -3.03. The molecule has 16 bridgehead atoms. The van der Waals surface area contributed by atoms with Crippen molar-refractivity contribution in [3.8, 4) is 0 Å². The summed E-state index contributed by atoms with van der Waals surface area (Å²) in [5.74, 6) is 37.6. The van der Waals surface area contributed by atoms with Crippen LogP contribution in [0.3, 0.4) is 0 Å². The number of rotatable bonds is 0. The molecule has 0 heterocycles. The van der Waals surface area contributed by atoms with E-state index in [9.17, 15) is 0 Å². The Bertz CT molecular complexity index is 1830. The van der Waals surface area contributed by atoms with E-state index in [-0.39, 0.29) is 0 Å². The van der Waals surface area contributed by atoms with Gasteiger partial charge >= 0.3 is 0 Å². The van der Waals surface area contributed by atoms with E-state index >= 15 is 0 Å². The summed E-state index contributed by atoms with van der Waals surface area (Å²) >= 11 is 0. The second kappa shape index (κ2) is 24.6. The van der Waals surface area contributed by atoms with Gasteiger partial charge in [-0.2, -0.15) is 0 Å². The van der Waals surface area contributed by atoms with Crippen molar-refractivity contribution in [2.75, 3.05) is 0 Å². The molecule has 83 heavy (non-hydrogen) atoms. The van der Waals surface area contributed by atoms with Gasteiger partial charge in [0.05, 0.1) is 0 Å². The van der Waals surface area contributed by atoms with Gasteiger partial charge in [0, 0.05) is 0 Å². The summed E-state index contributed by atoms with van der Waals surface area (Å²) in [7, 11) is 0. The summed E-state index contributed by atoms with van der Waals surface area (Å²) in [4.78, 5) is 0. The van der Waals surface area contributed by atoms with Crippen molar-refractivity contribution in [1.82, 2.24) is 0 Å². The van der Waals surface area contributed by atoms with Gasteiger partial charge in [0.2, 0.25) is 0 Å². The highest BCUT2D eigenvalue weighted by atomic mass is 15.0. The second-order valence-corrected chi connectivity index (χ2v) is 37.7. The van der Waals surface area contributed by atoms with Crippen LogP contribution < -0.4 is 0 Å². The third-order valence-corrected chi connectivity index (χ3v) is 34.6. The molecule has 0 nitrogen and oxygen atoms in total. The minimum Gasteiger partial charge on any atom is -0.0533 e. The van der Waals surface area contributed by atoms with Gasteiger partial charge in [-0.25, -0.2) is 0 Å². The minimum atomic E-state index is 0.906. The Balaban J connectivity index is 0.0000000736. The van der Waals surface area contributed by atoms with E-state index in [0.29, 0.717) is 0 Å². The van der Waals surface area contributed by atoms with Crippen molar-refractivity contribution in [3.63, 3.8) is 0 Å². The van der Waals surface area contributed by atoms with Crippen LogP contribution in [0.2, 0.25) is 0 Å². The molecule has 0 saturated heterocycles. The van der Waals surface area contributed by atoms with E-state index in [0.717, 1.165) is 11.3 Å². The quantitative estimate of drug-likeness (QED) is 0.212. The zero-order valence-corrected chi connectivity index (χ0v) is 54.6. The minimum absolute atomic E-state index is 0.906. The first-order chi connectivity index (χ1) is 41.2. The third kappa shape index (κ3) is 10.4. The fourth-order valence-corrected chi connectivity index (χ4v) is 31.5. The van der Waals surface area contributed by atoms with Crippen molar-refractivity contribution in [1.29, 1.82) is 0 Å². The summed E-state index contributed by atoms with van der Waals surface area (Å²) in [5.41, 5.74) is 0.906. The fraction of sp³-hybridized carbons (Fsp3) is 1.00. The maximum atomic E-state index is 1.68. The van der Waals surface area contributed by atoms with Crippen LogP contribution in [-0.4, -0.2) is 0 Å². The molecule has 29 saturated carbocycles. The predicted molar refractivity (Wildman–Crippen MR) is 347 cm³/mol. The molecule has 0 aromatic rings. The predicted octanol–water partition coefficient (Wildman–Crippen LogP) is 24.0. The van der Waals surface area contributed by atoms with Crippen LogP contribution in [0.1, 0.15) is 334 Å². The monoisotopic (exact) mass is 1130 g/mol. The molecule has 0 N–H and O–H groups in total. The molecule has 29 aliphatic carbocycles. The van der Waals surface area contributed by atoms with E-state index in [2.05, 4.69) is 0 Å². The normalized spacial score (nSPS) is 56.4. The summed E-state index contributed by atoms with van der Waals surface area (Å²) < 4.78 is 0.